The molecule has 1 rings (SSSR count). The van der Waals surface area contributed by atoms with Gasteiger partial charge in [-0.2, -0.15) is 0 Å². The molecular weight excluding hydrogens is 635 g/mol. The van der Waals surface area contributed by atoms with Crippen molar-refractivity contribution in [3.63, 3.8) is 0 Å². The maximum absolute atomic E-state index is 4.41. The molecule has 0 spiro atoms. The molecule has 0 amide bonds. The van der Waals surface area contributed by atoms with Crippen LogP contribution in [-0.4, -0.2) is 0 Å². The second-order valence-electron chi connectivity index (χ2n) is 1.82. The van der Waals surface area contributed by atoms with Crippen LogP contribution in [0.5, 0.6) is 0 Å². The third-order valence-electron chi connectivity index (χ3n) is 1.09. The number of benzene rings is 1. The van der Waals surface area contributed by atoms with Crippen LogP contribution in [0.25, 0.3) is 0 Å². The van der Waals surface area contributed by atoms with E-state index in [1.54, 1.807) is 0 Å². The Balaban J connectivity index is 0. The topological polar surface area (TPSA) is 0 Å². The monoisotopic (exact) mass is 638 g/mol. The average Bonchev–Trinajstić information content (AvgIpc) is 1.97. The normalized spacial score (nSPS) is 9.42. The van der Waals surface area contributed by atoms with Crippen molar-refractivity contribution in [1.29, 1.82) is 0 Å². The molecule has 12 heavy (non-hydrogen) atoms. The van der Waals surface area contributed by atoms with Gasteiger partial charge in [-0.1, -0.05) is 0 Å². The number of halogens is 4. The Hall–Kier alpha value is 3.49. The van der Waals surface area contributed by atoms with E-state index in [9.17, 15) is 0 Å². The van der Waals surface area contributed by atoms with Gasteiger partial charge in [0.2, 0.25) is 0 Å². The number of hydrogen-bond donors (Lipinski definition) is 1. The Bertz CT molecular complexity index is 281. The molecule has 0 atom stereocenters. The molecule has 1 aromatic carbocycles. The molecule has 0 aliphatic carbocycles. The predicted octanol–water partition coefficient (Wildman–Crippen LogP) is 1.51. The standard InChI is InChI=1S/C6H2I4S.Na.H/c7-2-1-3(8)6(11)5(10)4(2)9;;/h1,11H;;/q;+1;-1. The molecule has 0 aromatic heterocycles. The zero-order valence-electron chi connectivity index (χ0n) is 7.04. The van der Waals surface area contributed by atoms with Gasteiger partial charge >= 0.3 is 29.6 Å². The maximum atomic E-state index is 4.41. The summed E-state index contributed by atoms with van der Waals surface area (Å²) in [6.45, 7) is 0. The number of hydrogen-bond acceptors (Lipinski definition) is 1. The second-order valence-corrected chi connectivity index (χ2v) is 6.75. The Morgan fingerprint density at radius 1 is 1.00 bits per heavy atom. The van der Waals surface area contributed by atoms with Crippen LogP contribution in [0, 0.1) is 14.3 Å². The molecule has 0 radical (unpaired) electrons. The Labute approximate surface area is 156 Å². The first kappa shape index (κ1) is 15.5. The maximum Gasteiger partial charge on any atom is 1.00 e. The molecule has 0 unspecified atom stereocenters. The number of rotatable bonds is 0. The SMILES string of the molecule is Sc1c(I)cc(I)c(I)c1I.[H-].[Na+]. The van der Waals surface area contributed by atoms with Gasteiger partial charge < -0.3 is 1.43 Å². The van der Waals surface area contributed by atoms with Gasteiger partial charge in [-0.05, 0) is 96.4 Å². The fourth-order valence-corrected chi connectivity index (χ4v) is 4.74. The van der Waals surface area contributed by atoms with Gasteiger partial charge in [0.1, 0.15) is 0 Å². The van der Waals surface area contributed by atoms with Crippen LogP contribution in [0.4, 0.5) is 0 Å². The fourth-order valence-electron chi connectivity index (χ4n) is 0.557. The molecular formula is C6H3I4NaS. The quantitative estimate of drug-likeness (QED) is 0.144. The first-order chi connectivity index (χ1) is 5.04. The van der Waals surface area contributed by atoms with Crippen LogP contribution in [-0.2, 0) is 0 Å². The van der Waals surface area contributed by atoms with E-state index >= 15 is 0 Å². The minimum absolute atomic E-state index is 0. The summed E-state index contributed by atoms with van der Waals surface area (Å²) in [7, 11) is 0. The summed E-state index contributed by atoms with van der Waals surface area (Å²) in [6, 6.07) is 2.15. The molecule has 0 N–H and O–H groups in total. The minimum Gasteiger partial charge on any atom is -1.00 e. The second kappa shape index (κ2) is 6.94. The van der Waals surface area contributed by atoms with Crippen LogP contribution in [0.15, 0.2) is 11.0 Å². The van der Waals surface area contributed by atoms with E-state index in [-0.39, 0.29) is 31.0 Å². The van der Waals surface area contributed by atoms with Crippen molar-refractivity contribution in [3.05, 3.63) is 20.3 Å². The summed E-state index contributed by atoms with van der Waals surface area (Å²) in [5.74, 6) is 0. The van der Waals surface area contributed by atoms with Crippen molar-refractivity contribution < 1.29 is 31.0 Å². The van der Waals surface area contributed by atoms with Crippen molar-refractivity contribution in [2.75, 3.05) is 0 Å². The molecule has 0 saturated carbocycles. The molecule has 0 saturated heterocycles. The van der Waals surface area contributed by atoms with Gasteiger partial charge in [-0.3, -0.25) is 0 Å². The van der Waals surface area contributed by atoms with Gasteiger partial charge in [-0.25, -0.2) is 0 Å². The largest absolute Gasteiger partial charge is 1.00 e. The molecule has 0 fully saturated rings. The molecule has 62 valence electrons. The molecule has 0 nitrogen and oxygen atoms in total. The van der Waals surface area contributed by atoms with Gasteiger partial charge in [0, 0.05) is 19.2 Å². The van der Waals surface area contributed by atoms with E-state index in [1.807, 2.05) is 0 Å². The van der Waals surface area contributed by atoms with Crippen LogP contribution in [0.1, 0.15) is 1.43 Å². The summed E-state index contributed by atoms with van der Waals surface area (Å²) in [6.07, 6.45) is 0. The van der Waals surface area contributed by atoms with Crippen LogP contribution >= 0.6 is 103 Å². The van der Waals surface area contributed by atoms with E-state index in [1.165, 1.54) is 14.3 Å². The van der Waals surface area contributed by atoms with E-state index in [2.05, 4.69) is 109 Å². The summed E-state index contributed by atoms with van der Waals surface area (Å²) >= 11 is 13.7. The first-order valence-electron chi connectivity index (χ1n) is 2.56. The third kappa shape index (κ3) is 3.81. The third-order valence-corrected chi connectivity index (χ3v) is 8.37. The summed E-state index contributed by atoms with van der Waals surface area (Å²) in [5.41, 5.74) is 0. The van der Waals surface area contributed by atoms with Gasteiger partial charge in [-0.15, -0.1) is 12.6 Å². The zero-order chi connectivity index (χ0) is 8.59. The Kier molecular flexibility index (Phi) is 8.96. The van der Waals surface area contributed by atoms with Crippen LogP contribution in [0.3, 0.4) is 0 Å². The zero-order valence-corrected chi connectivity index (χ0v) is 17.6. The molecule has 0 aliphatic heterocycles. The smallest absolute Gasteiger partial charge is 1.00 e. The van der Waals surface area contributed by atoms with Gasteiger partial charge in [0.25, 0.3) is 0 Å². The van der Waals surface area contributed by atoms with Crippen molar-refractivity contribution in [1.82, 2.24) is 0 Å². The Morgan fingerprint density at radius 3 is 2.00 bits per heavy atom. The predicted molar refractivity (Wildman–Crippen MR) is 85.7 cm³/mol. The van der Waals surface area contributed by atoms with E-state index in [4.69, 9.17) is 0 Å². The van der Waals surface area contributed by atoms with Crippen molar-refractivity contribution in [2.45, 2.75) is 4.90 Å². The van der Waals surface area contributed by atoms with Gasteiger partial charge in [0.15, 0.2) is 0 Å². The van der Waals surface area contributed by atoms with E-state index < -0.39 is 0 Å². The molecule has 0 heterocycles. The van der Waals surface area contributed by atoms with Crippen molar-refractivity contribution >= 4 is 103 Å². The minimum atomic E-state index is 0. The summed E-state index contributed by atoms with van der Waals surface area (Å²) < 4.78 is 5.08. The number of thiol groups is 1. The molecule has 0 bridgehead atoms. The van der Waals surface area contributed by atoms with Crippen molar-refractivity contribution in [2.24, 2.45) is 0 Å². The van der Waals surface area contributed by atoms with Crippen molar-refractivity contribution in [3.8, 4) is 0 Å². The average molecular weight is 638 g/mol. The fraction of sp³-hybridized carbons (Fsp3) is 0. The first-order valence-corrected chi connectivity index (χ1v) is 7.32. The molecule has 0 aliphatic rings. The van der Waals surface area contributed by atoms with E-state index in [0.717, 1.165) is 4.90 Å². The summed E-state index contributed by atoms with van der Waals surface area (Å²) in [5, 5.41) is 0. The summed E-state index contributed by atoms with van der Waals surface area (Å²) in [4.78, 5) is 1.09. The van der Waals surface area contributed by atoms with Crippen LogP contribution in [0.2, 0.25) is 0 Å². The van der Waals surface area contributed by atoms with Crippen LogP contribution < -0.4 is 29.6 Å². The molecule has 6 heteroatoms. The Morgan fingerprint density at radius 2 is 1.50 bits per heavy atom. The van der Waals surface area contributed by atoms with E-state index in [0.29, 0.717) is 0 Å². The van der Waals surface area contributed by atoms with Gasteiger partial charge in [0.05, 0.1) is 0 Å². The molecule has 1 aromatic rings.